The Balaban J connectivity index is 2.47. The molecule has 0 bridgehead atoms. The van der Waals surface area contributed by atoms with E-state index >= 15 is 0 Å². The Morgan fingerprint density at radius 1 is 1.08 bits per heavy atom. The first kappa shape index (κ1) is 7.73. The van der Waals surface area contributed by atoms with Crippen LogP contribution in [0, 0.1) is 0 Å². The molecule has 3 N–H and O–H groups in total. The third-order valence-electron chi connectivity index (χ3n) is 1.87. The average Bonchev–Trinajstić information content (AvgIpc) is 2.53. The molecule has 0 saturated carbocycles. The minimum Gasteiger partial charge on any atom is -0.508 e. The van der Waals surface area contributed by atoms with E-state index in [1.807, 2.05) is 0 Å². The SMILES string of the molecule is Nc1cocc1-c1ccc(O)cc1. The number of furan rings is 1. The molecule has 1 aromatic heterocycles. The zero-order chi connectivity index (χ0) is 9.26. The lowest BCUT2D eigenvalue weighted by molar-refractivity contribution is 0.475. The minimum atomic E-state index is 0.241. The van der Waals surface area contributed by atoms with Crippen molar-refractivity contribution in [3.05, 3.63) is 36.8 Å². The minimum absolute atomic E-state index is 0.241. The summed E-state index contributed by atoms with van der Waals surface area (Å²) in [5.41, 5.74) is 8.04. The first-order valence-electron chi connectivity index (χ1n) is 3.88. The maximum absolute atomic E-state index is 9.07. The largest absolute Gasteiger partial charge is 0.508 e. The zero-order valence-corrected chi connectivity index (χ0v) is 6.90. The molecule has 0 spiro atoms. The molecule has 13 heavy (non-hydrogen) atoms. The predicted octanol–water partition coefficient (Wildman–Crippen LogP) is 2.23. The van der Waals surface area contributed by atoms with Gasteiger partial charge < -0.3 is 15.3 Å². The van der Waals surface area contributed by atoms with Crippen LogP contribution in [0.3, 0.4) is 0 Å². The molecule has 0 aliphatic carbocycles. The Bertz CT molecular complexity index is 403. The Kier molecular flexibility index (Phi) is 1.70. The quantitative estimate of drug-likeness (QED) is 0.698. The monoisotopic (exact) mass is 175 g/mol. The number of nitrogen functional groups attached to an aromatic ring is 1. The standard InChI is InChI=1S/C10H9NO2/c11-10-6-13-5-9(10)7-1-3-8(12)4-2-7/h1-6,12H,11H2. The summed E-state index contributed by atoms with van der Waals surface area (Å²) in [6, 6.07) is 6.80. The Morgan fingerprint density at radius 2 is 1.77 bits per heavy atom. The highest BCUT2D eigenvalue weighted by Crippen LogP contribution is 2.27. The molecule has 1 aromatic carbocycles. The van der Waals surface area contributed by atoms with Crippen LogP contribution in [0.25, 0.3) is 11.1 Å². The third-order valence-corrected chi connectivity index (χ3v) is 1.87. The number of nitrogens with two attached hydrogens (primary N) is 1. The molecule has 2 aromatic rings. The van der Waals surface area contributed by atoms with Crippen LogP contribution in [0.2, 0.25) is 0 Å². The first-order valence-corrected chi connectivity index (χ1v) is 3.88. The molecule has 0 amide bonds. The molecule has 0 atom stereocenters. The number of aromatic hydroxyl groups is 1. The maximum atomic E-state index is 9.07. The maximum Gasteiger partial charge on any atom is 0.115 e. The number of benzene rings is 1. The van der Waals surface area contributed by atoms with E-state index in [0.29, 0.717) is 5.69 Å². The lowest BCUT2D eigenvalue weighted by Gasteiger charge is -1.98. The van der Waals surface area contributed by atoms with Crippen molar-refractivity contribution in [1.82, 2.24) is 0 Å². The fraction of sp³-hybridized carbons (Fsp3) is 0. The van der Waals surface area contributed by atoms with Crippen LogP contribution < -0.4 is 5.73 Å². The van der Waals surface area contributed by atoms with Gasteiger partial charge in [-0.25, -0.2) is 0 Å². The van der Waals surface area contributed by atoms with Gasteiger partial charge in [-0.1, -0.05) is 12.1 Å². The third kappa shape index (κ3) is 1.36. The van der Waals surface area contributed by atoms with Crippen LogP contribution >= 0.6 is 0 Å². The molecule has 0 fully saturated rings. The van der Waals surface area contributed by atoms with Crippen molar-refractivity contribution in [2.24, 2.45) is 0 Å². The number of phenolic OH excluding ortho intramolecular Hbond substituents is 1. The molecule has 0 unspecified atom stereocenters. The number of rotatable bonds is 1. The van der Waals surface area contributed by atoms with E-state index in [0.717, 1.165) is 11.1 Å². The van der Waals surface area contributed by atoms with E-state index in [4.69, 9.17) is 15.3 Å². The summed E-state index contributed by atoms with van der Waals surface area (Å²) in [7, 11) is 0. The van der Waals surface area contributed by atoms with E-state index in [1.165, 1.54) is 6.26 Å². The summed E-state index contributed by atoms with van der Waals surface area (Å²) < 4.78 is 4.94. The van der Waals surface area contributed by atoms with Crippen LogP contribution in [-0.2, 0) is 0 Å². The molecule has 0 radical (unpaired) electrons. The normalized spacial score (nSPS) is 10.2. The molecule has 3 nitrogen and oxygen atoms in total. The first-order chi connectivity index (χ1) is 6.27. The molecule has 0 aliphatic heterocycles. The van der Waals surface area contributed by atoms with Crippen molar-refractivity contribution in [3.63, 3.8) is 0 Å². The lowest BCUT2D eigenvalue weighted by Crippen LogP contribution is -1.83. The molecule has 0 saturated heterocycles. The highest BCUT2D eigenvalue weighted by Gasteiger charge is 2.03. The summed E-state index contributed by atoms with van der Waals surface area (Å²) in [6.45, 7) is 0. The molecular weight excluding hydrogens is 166 g/mol. The van der Waals surface area contributed by atoms with Crippen LogP contribution in [0.5, 0.6) is 5.75 Å². The van der Waals surface area contributed by atoms with Gasteiger partial charge >= 0.3 is 0 Å². The molecular formula is C10H9NO2. The van der Waals surface area contributed by atoms with Gasteiger partial charge in [-0.3, -0.25) is 0 Å². The predicted molar refractivity (Wildman–Crippen MR) is 50.2 cm³/mol. The summed E-state index contributed by atoms with van der Waals surface area (Å²) in [6.07, 6.45) is 3.07. The lowest BCUT2D eigenvalue weighted by atomic mass is 10.1. The summed E-state index contributed by atoms with van der Waals surface area (Å²) >= 11 is 0. The number of hydrogen-bond acceptors (Lipinski definition) is 3. The van der Waals surface area contributed by atoms with Gasteiger partial charge in [0.05, 0.1) is 5.69 Å². The van der Waals surface area contributed by atoms with Gasteiger partial charge in [0.15, 0.2) is 0 Å². The molecule has 66 valence electrons. The van der Waals surface area contributed by atoms with Gasteiger partial charge in [0.25, 0.3) is 0 Å². The van der Waals surface area contributed by atoms with Gasteiger partial charge in [-0.15, -0.1) is 0 Å². The number of anilines is 1. The Labute approximate surface area is 75.4 Å². The second kappa shape index (κ2) is 2.86. The molecule has 1 heterocycles. The molecule has 3 heteroatoms. The Hall–Kier alpha value is -1.90. The smallest absolute Gasteiger partial charge is 0.115 e. The Morgan fingerprint density at radius 3 is 2.31 bits per heavy atom. The number of hydrogen-bond donors (Lipinski definition) is 2. The van der Waals surface area contributed by atoms with E-state index < -0.39 is 0 Å². The van der Waals surface area contributed by atoms with Crippen molar-refractivity contribution in [2.45, 2.75) is 0 Å². The highest BCUT2D eigenvalue weighted by atomic mass is 16.3. The van der Waals surface area contributed by atoms with Gasteiger partial charge in [0.2, 0.25) is 0 Å². The van der Waals surface area contributed by atoms with Crippen molar-refractivity contribution in [2.75, 3.05) is 5.73 Å². The summed E-state index contributed by atoms with van der Waals surface area (Å²) in [5, 5.41) is 9.07. The van der Waals surface area contributed by atoms with Gasteiger partial charge in [0, 0.05) is 5.56 Å². The van der Waals surface area contributed by atoms with Gasteiger partial charge in [-0.05, 0) is 17.7 Å². The molecule has 0 aliphatic rings. The van der Waals surface area contributed by atoms with Gasteiger partial charge in [0.1, 0.15) is 18.3 Å². The van der Waals surface area contributed by atoms with E-state index in [1.54, 1.807) is 30.5 Å². The van der Waals surface area contributed by atoms with Crippen molar-refractivity contribution >= 4 is 5.69 Å². The highest BCUT2D eigenvalue weighted by molar-refractivity contribution is 5.75. The van der Waals surface area contributed by atoms with Crippen LogP contribution in [0.15, 0.2) is 41.2 Å². The van der Waals surface area contributed by atoms with Crippen molar-refractivity contribution in [1.29, 1.82) is 0 Å². The average molecular weight is 175 g/mol. The van der Waals surface area contributed by atoms with Gasteiger partial charge in [-0.2, -0.15) is 0 Å². The summed E-state index contributed by atoms with van der Waals surface area (Å²) in [5.74, 6) is 0.241. The second-order valence-corrected chi connectivity index (χ2v) is 2.79. The topological polar surface area (TPSA) is 59.4 Å². The van der Waals surface area contributed by atoms with E-state index in [-0.39, 0.29) is 5.75 Å². The van der Waals surface area contributed by atoms with E-state index in [9.17, 15) is 0 Å². The number of phenols is 1. The van der Waals surface area contributed by atoms with E-state index in [2.05, 4.69) is 0 Å². The van der Waals surface area contributed by atoms with Crippen LogP contribution in [0.4, 0.5) is 5.69 Å². The van der Waals surface area contributed by atoms with Crippen molar-refractivity contribution in [3.8, 4) is 16.9 Å². The summed E-state index contributed by atoms with van der Waals surface area (Å²) in [4.78, 5) is 0. The molecule has 2 rings (SSSR count). The fourth-order valence-electron chi connectivity index (χ4n) is 1.18. The fourth-order valence-corrected chi connectivity index (χ4v) is 1.18. The second-order valence-electron chi connectivity index (χ2n) is 2.79. The zero-order valence-electron chi connectivity index (χ0n) is 6.90. The van der Waals surface area contributed by atoms with Crippen LogP contribution in [-0.4, -0.2) is 5.11 Å². The van der Waals surface area contributed by atoms with Crippen molar-refractivity contribution < 1.29 is 9.52 Å². The van der Waals surface area contributed by atoms with Crippen LogP contribution in [0.1, 0.15) is 0 Å².